The van der Waals surface area contributed by atoms with E-state index in [1.165, 1.54) is 12.8 Å². The van der Waals surface area contributed by atoms with E-state index in [2.05, 4.69) is 74.3 Å². The molecule has 4 aromatic heterocycles. The Balaban J connectivity index is 1.18. The minimum atomic E-state index is -0.278. The first-order chi connectivity index (χ1) is 19.7. The number of nitrogens with one attached hydrogen (secondary N) is 1. The molecule has 41 heavy (non-hydrogen) atoms. The van der Waals surface area contributed by atoms with Gasteiger partial charge in [0, 0.05) is 49.7 Å². The molecular weight excluding hydrogens is 516 g/mol. The summed E-state index contributed by atoms with van der Waals surface area (Å²) in [5, 5.41) is 16.4. The Kier molecular flexibility index (Phi) is 7.06. The van der Waals surface area contributed by atoms with Gasteiger partial charge in [-0.15, -0.1) is 5.10 Å². The second-order valence-electron chi connectivity index (χ2n) is 12.0. The van der Waals surface area contributed by atoms with Crippen molar-refractivity contribution < 1.29 is 4.79 Å². The van der Waals surface area contributed by atoms with E-state index in [1.54, 1.807) is 10.9 Å². The van der Waals surface area contributed by atoms with Crippen molar-refractivity contribution in [2.75, 3.05) is 36.4 Å². The number of amides is 1. The maximum Gasteiger partial charge on any atom is 0.276 e. The molecule has 1 N–H and O–H groups in total. The zero-order valence-electron chi connectivity index (χ0n) is 24.5. The van der Waals surface area contributed by atoms with Crippen molar-refractivity contribution >= 4 is 17.3 Å². The van der Waals surface area contributed by atoms with Gasteiger partial charge in [0.25, 0.3) is 5.91 Å². The van der Waals surface area contributed by atoms with Crippen molar-refractivity contribution in [3.8, 4) is 16.9 Å². The van der Waals surface area contributed by atoms with Crippen molar-refractivity contribution in [1.82, 2.24) is 39.6 Å². The molecule has 6 rings (SSSR count). The van der Waals surface area contributed by atoms with Gasteiger partial charge in [-0.25, -0.2) is 4.68 Å². The number of nitrogens with zero attached hydrogens (tertiary/aromatic N) is 9. The van der Waals surface area contributed by atoms with E-state index in [1.807, 2.05) is 42.3 Å². The van der Waals surface area contributed by atoms with Gasteiger partial charge in [-0.1, -0.05) is 12.1 Å². The summed E-state index contributed by atoms with van der Waals surface area (Å²) in [6.45, 7) is 14.4. The van der Waals surface area contributed by atoms with Crippen LogP contribution in [0.4, 0.5) is 11.4 Å². The fourth-order valence-corrected chi connectivity index (χ4v) is 5.42. The molecule has 2 fully saturated rings. The minimum Gasteiger partial charge on any atom is -0.368 e. The number of rotatable bonds is 7. The quantitative estimate of drug-likeness (QED) is 0.364. The number of carbonyl (C=O) groups excluding carboxylic acids is 1. The maximum atomic E-state index is 13.1. The number of pyridine rings is 2. The molecule has 1 saturated carbocycles. The van der Waals surface area contributed by atoms with Crippen LogP contribution in [0, 0.1) is 6.92 Å². The first kappa shape index (κ1) is 27.1. The average molecular weight is 555 g/mol. The van der Waals surface area contributed by atoms with Gasteiger partial charge in [0.05, 0.1) is 46.9 Å². The van der Waals surface area contributed by atoms with Crippen LogP contribution in [0.1, 0.15) is 62.4 Å². The van der Waals surface area contributed by atoms with E-state index in [0.29, 0.717) is 11.4 Å². The molecule has 1 aliphatic heterocycles. The number of hydrogen-bond acceptors (Lipinski definition) is 8. The van der Waals surface area contributed by atoms with Crippen molar-refractivity contribution in [2.45, 2.75) is 65.5 Å². The molecule has 5 heterocycles. The first-order valence-electron chi connectivity index (χ1n) is 14.4. The molecule has 0 bridgehead atoms. The SMILES string of the molecule is CCc1cc(C(=O)Nc2cnc(C)c(-n3cc(-c4cncc(N5CCN(C6CC6)CC5)c4)nn3)c2)nn1C(C)(C)C. The molecule has 1 aliphatic carbocycles. The van der Waals surface area contributed by atoms with Crippen LogP contribution in [-0.4, -0.2) is 77.8 Å². The molecule has 1 saturated heterocycles. The van der Waals surface area contributed by atoms with Crippen LogP contribution >= 0.6 is 0 Å². The number of carbonyl (C=O) groups is 1. The van der Waals surface area contributed by atoms with Crippen molar-refractivity contribution in [1.29, 1.82) is 0 Å². The Labute approximate surface area is 240 Å². The van der Waals surface area contributed by atoms with Crippen LogP contribution in [-0.2, 0) is 12.0 Å². The molecule has 0 unspecified atom stereocenters. The molecule has 0 aromatic carbocycles. The van der Waals surface area contributed by atoms with E-state index in [9.17, 15) is 4.79 Å². The van der Waals surface area contributed by atoms with Gasteiger partial charge in [-0.2, -0.15) is 5.10 Å². The van der Waals surface area contributed by atoms with E-state index < -0.39 is 0 Å². The third-order valence-electron chi connectivity index (χ3n) is 7.83. The second kappa shape index (κ2) is 10.7. The van der Waals surface area contributed by atoms with Gasteiger partial charge < -0.3 is 10.2 Å². The normalized spacial score (nSPS) is 16.3. The highest BCUT2D eigenvalue weighted by atomic mass is 16.2. The Morgan fingerprint density at radius 3 is 2.51 bits per heavy atom. The molecule has 4 aromatic rings. The highest BCUT2D eigenvalue weighted by Gasteiger charge is 2.31. The maximum absolute atomic E-state index is 13.1. The number of hydrogen-bond donors (Lipinski definition) is 1. The van der Waals surface area contributed by atoms with Gasteiger partial charge in [-0.05, 0) is 65.2 Å². The number of aryl methyl sites for hydroxylation is 2. The van der Waals surface area contributed by atoms with E-state index in [4.69, 9.17) is 0 Å². The summed E-state index contributed by atoms with van der Waals surface area (Å²) in [5.41, 5.74) is 5.98. The van der Waals surface area contributed by atoms with E-state index >= 15 is 0 Å². The molecule has 0 radical (unpaired) electrons. The summed E-state index contributed by atoms with van der Waals surface area (Å²) < 4.78 is 3.60. The van der Waals surface area contributed by atoms with Crippen LogP contribution in [0.25, 0.3) is 16.9 Å². The second-order valence-corrected chi connectivity index (χ2v) is 12.0. The smallest absolute Gasteiger partial charge is 0.276 e. The van der Waals surface area contributed by atoms with Crippen LogP contribution in [0.2, 0.25) is 0 Å². The number of aromatic nitrogens is 7. The van der Waals surface area contributed by atoms with Gasteiger partial charge in [-0.3, -0.25) is 24.3 Å². The van der Waals surface area contributed by atoms with Crippen LogP contribution in [0.3, 0.4) is 0 Å². The lowest BCUT2D eigenvalue weighted by Crippen LogP contribution is -2.47. The van der Waals surface area contributed by atoms with Gasteiger partial charge in [0.2, 0.25) is 0 Å². The summed E-state index contributed by atoms with van der Waals surface area (Å²) in [6.07, 6.45) is 10.7. The zero-order chi connectivity index (χ0) is 28.7. The van der Waals surface area contributed by atoms with Gasteiger partial charge in [0.15, 0.2) is 5.69 Å². The third-order valence-corrected chi connectivity index (χ3v) is 7.83. The molecule has 0 atom stereocenters. The monoisotopic (exact) mass is 554 g/mol. The molecule has 11 nitrogen and oxygen atoms in total. The summed E-state index contributed by atoms with van der Waals surface area (Å²) in [7, 11) is 0. The topological polar surface area (TPSA) is 110 Å². The van der Waals surface area contributed by atoms with Crippen molar-refractivity contribution in [2.24, 2.45) is 0 Å². The lowest BCUT2D eigenvalue weighted by molar-refractivity contribution is 0.102. The lowest BCUT2D eigenvalue weighted by atomic mass is 10.1. The summed E-state index contributed by atoms with van der Waals surface area (Å²) in [6, 6.07) is 6.65. The Bertz CT molecular complexity index is 1550. The molecule has 214 valence electrons. The highest BCUT2D eigenvalue weighted by molar-refractivity contribution is 6.03. The Hall–Kier alpha value is -4.12. The van der Waals surface area contributed by atoms with E-state index in [0.717, 1.165) is 72.7 Å². The molecule has 0 spiro atoms. The third kappa shape index (κ3) is 5.72. The Morgan fingerprint density at radius 2 is 1.83 bits per heavy atom. The summed E-state index contributed by atoms with van der Waals surface area (Å²) >= 11 is 0. The highest BCUT2D eigenvalue weighted by Crippen LogP contribution is 2.29. The average Bonchev–Trinajstić information content (AvgIpc) is 3.51. The van der Waals surface area contributed by atoms with Crippen LogP contribution in [0.5, 0.6) is 0 Å². The predicted molar refractivity (Wildman–Crippen MR) is 158 cm³/mol. The number of piperazine rings is 1. The van der Waals surface area contributed by atoms with E-state index in [-0.39, 0.29) is 11.4 Å². The van der Waals surface area contributed by atoms with Crippen LogP contribution < -0.4 is 10.2 Å². The Morgan fingerprint density at radius 1 is 1.05 bits per heavy atom. The zero-order valence-corrected chi connectivity index (χ0v) is 24.5. The fourth-order valence-electron chi connectivity index (χ4n) is 5.42. The fraction of sp³-hybridized carbons (Fsp3) is 0.467. The minimum absolute atomic E-state index is 0.215. The molecular formula is C30H38N10O. The van der Waals surface area contributed by atoms with Gasteiger partial charge in [0.1, 0.15) is 5.69 Å². The standard InChI is InChI=1S/C30H38N10O/c1-6-23-15-26(35-40(23)30(3,4)5)29(41)33-22-14-28(20(2)32-17-22)39-19-27(34-36-39)21-13-25(18-31-16-21)38-11-9-37(10-12-38)24-7-8-24/h13-19,24H,6-12H2,1-5H3,(H,33,41). The largest absolute Gasteiger partial charge is 0.368 e. The first-order valence-corrected chi connectivity index (χ1v) is 14.4. The summed E-state index contributed by atoms with van der Waals surface area (Å²) in [5.74, 6) is -0.278. The lowest BCUT2D eigenvalue weighted by Gasteiger charge is -2.36. The number of anilines is 2. The van der Waals surface area contributed by atoms with Crippen LogP contribution in [0.15, 0.2) is 43.0 Å². The van der Waals surface area contributed by atoms with Crippen molar-refractivity contribution in [3.63, 3.8) is 0 Å². The molecule has 1 amide bonds. The molecule has 2 aliphatic rings. The predicted octanol–water partition coefficient (Wildman–Crippen LogP) is 4.08. The van der Waals surface area contributed by atoms with Gasteiger partial charge >= 0.3 is 0 Å². The summed E-state index contributed by atoms with van der Waals surface area (Å²) in [4.78, 5) is 27.1. The molecule has 11 heteroatoms. The van der Waals surface area contributed by atoms with Crippen molar-refractivity contribution in [3.05, 3.63) is 60.1 Å².